The van der Waals surface area contributed by atoms with Gasteiger partial charge in [-0.25, -0.2) is 0 Å². The topological polar surface area (TPSA) is 27.7 Å². The molecule has 334 valence electrons. The van der Waals surface area contributed by atoms with E-state index in [9.17, 15) is 0 Å². The summed E-state index contributed by atoms with van der Waals surface area (Å²) in [6.45, 7) is 12.8. The van der Waals surface area contributed by atoms with Crippen molar-refractivity contribution < 1.29 is 14.2 Å². The molecule has 0 saturated carbocycles. The Morgan fingerprint density at radius 3 is 1.47 bits per heavy atom. The minimum absolute atomic E-state index is 0.553. The van der Waals surface area contributed by atoms with Crippen LogP contribution in [-0.4, -0.2) is 19.8 Å². The van der Waals surface area contributed by atoms with Gasteiger partial charge in [-0.05, 0) is 98.5 Å². The molecule has 0 saturated heterocycles. The van der Waals surface area contributed by atoms with Gasteiger partial charge in [0.25, 0.3) is 0 Å². The summed E-state index contributed by atoms with van der Waals surface area (Å²) in [4.78, 5) is 0. The lowest BCUT2D eigenvalue weighted by atomic mass is 9.87. The van der Waals surface area contributed by atoms with Crippen LogP contribution in [0.25, 0.3) is 32.3 Å². The predicted molar refractivity (Wildman–Crippen MR) is 276 cm³/mol. The fourth-order valence-corrected chi connectivity index (χ4v) is 7.51. The van der Waals surface area contributed by atoms with Crippen LogP contribution in [0.2, 0.25) is 0 Å². The Morgan fingerprint density at radius 2 is 0.859 bits per heavy atom. The zero-order chi connectivity index (χ0) is 44.9. The first-order valence-electron chi connectivity index (χ1n) is 23.9. The summed E-state index contributed by atoms with van der Waals surface area (Å²) in [7, 11) is 0. The first-order chi connectivity index (χ1) is 31.6. The molecule has 0 N–H and O–H groups in total. The summed E-state index contributed by atoms with van der Waals surface area (Å²) >= 11 is 0. The molecule has 8 aromatic carbocycles. The third kappa shape index (κ3) is 17.1. The lowest BCUT2D eigenvalue weighted by Gasteiger charge is -2.17. The van der Waals surface area contributed by atoms with E-state index in [1.807, 2.05) is 6.07 Å². The van der Waals surface area contributed by atoms with Crippen molar-refractivity contribution in [2.75, 3.05) is 19.8 Å². The van der Waals surface area contributed by atoms with Crippen LogP contribution in [0, 0.1) is 0 Å². The molecule has 0 amide bonds. The minimum Gasteiger partial charge on any atom is -0.494 e. The van der Waals surface area contributed by atoms with Gasteiger partial charge in [-0.1, -0.05) is 230 Å². The highest BCUT2D eigenvalue weighted by molar-refractivity contribution is 5.86. The fraction of sp³-hybridized carbons (Fsp3) is 0.311. The van der Waals surface area contributed by atoms with Crippen molar-refractivity contribution in [3.63, 3.8) is 0 Å². The molecule has 0 aliphatic heterocycles. The normalized spacial score (nSPS) is 10.7. The Labute approximate surface area is 385 Å². The van der Waals surface area contributed by atoms with Crippen molar-refractivity contribution in [3.8, 4) is 5.75 Å². The van der Waals surface area contributed by atoms with E-state index >= 15 is 0 Å². The number of rotatable bonds is 19. The van der Waals surface area contributed by atoms with Crippen molar-refractivity contribution in [1.29, 1.82) is 0 Å². The summed E-state index contributed by atoms with van der Waals surface area (Å²) in [5.41, 5.74) is 5.42. The standard InChI is InChI=1S/C17H20.2C15H18O.C14H16O/c1-2-3-14-17(15-10-6-4-7-11-15)16-12-8-5-9-13-16;1-2-3-11-16-12-14-9-6-8-13-7-4-5-10-15(13)14;1-2-3-10-16-12-13-8-9-14-6-4-5-7-15(14)11-13;1-2-3-10-15-14-9-8-12-6-4-5-7-13(12)11-14/h4-13,17H,2-3,14H2,1H3;4-10H,2-3,11-12H2,1H3;4-9,11H,2-3,10,12H2,1H3;4-9,11H,2-3,10H2,1H3. The summed E-state index contributed by atoms with van der Waals surface area (Å²) < 4.78 is 16.9. The zero-order valence-corrected chi connectivity index (χ0v) is 39.1. The van der Waals surface area contributed by atoms with Gasteiger partial charge in [0.1, 0.15) is 5.75 Å². The summed E-state index contributed by atoms with van der Waals surface area (Å²) in [6.07, 6.45) is 10.8. The number of hydrogen-bond donors (Lipinski definition) is 0. The molecule has 0 aliphatic carbocycles. The highest BCUT2D eigenvalue weighted by Gasteiger charge is 2.12. The second-order valence-corrected chi connectivity index (χ2v) is 16.4. The number of unbranched alkanes of at least 4 members (excludes halogenated alkanes) is 4. The van der Waals surface area contributed by atoms with Crippen LogP contribution in [0.15, 0.2) is 188 Å². The van der Waals surface area contributed by atoms with Crippen molar-refractivity contribution in [2.45, 2.75) is 105 Å². The van der Waals surface area contributed by atoms with Crippen LogP contribution in [0.3, 0.4) is 0 Å². The SMILES string of the molecule is CCCCC(c1ccccc1)c1ccccc1.CCCCOCc1ccc2ccccc2c1.CCCCOCc1cccc2ccccc12.CCCCOc1ccc2ccccc2c1. The van der Waals surface area contributed by atoms with Gasteiger partial charge in [0.15, 0.2) is 0 Å². The monoisotopic (exact) mass is 853 g/mol. The van der Waals surface area contributed by atoms with Crippen LogP contribution >= 0.6 is 0 Å². The maximum atomic E-state index is 5.67. The lowest BCUT2D eigenvalue weighted by molar-refractivity contribution is 0.118. The molecular formula is C61H72O3. The molecule has 0 radical (unpaired) electrons. The van der Waals surface area contributed by atoms with Gasteiger partial charge in [0.05, 0.1) is 19.8 Å². The molecule has 0 unspecified atom stereocenters. The Kier molecular flexibility index (Phi) is 22.8. The van der Waals surface area contributed by atoms with Crippen molar-refractivity contribution in [3.05, 3.63) is 210 Å². The van der Waals surface area contributed by atoms with Gasteiger partial charge in [-0.2, -0.15) is 0 Å². The highest BCUT2D eigenvalue weighted by atomic mass is 16.5. The smallest absolute Gasteiger partial charge is 0.119 e. The fourth-order valence-electron chi connectivity index (χ4n) is 7.51. The molecule has 0 atom stereocenters. The number of ether oxygens (including phenoxy) is 3. The molecular weight excluding hydrogens is 781 g/mol. The third-order valence-corrected chi connectivity index (χ3v) is 11.2. The van der Waals surface area contributed by atoms with E-state index < -0.39 is 0 Å². The van der Waals surface area contributed by atoms with Crippen LogP contribution in [0.1, 0.15) is 114 Å². The van der Waals surface area contributed by atoms with Crippen molar-refractivity contribution in [1.82, 2.24) is 0 Å². The maximum absolute atomic E-state index is 5.67. The van der Waals surface area contributed by atoms with E-state index in [1.54, 1.807) is 0 Å². The molecule has 0 aliphatic rings. The van der Waals surface area contributed by atoms with E-state index in [-0.39, 0.29) is 0 Å². The maximum Gasteiger partial charge on any atom is 0.119 e. The molecule has 3 heteroatoms. The Morgan fingerprint density at radius 1 is 0.375 bits per heavy atom. The highest BCUT2D eigenvalue weighted by Crippen LogP contribution is 2.29. The Hall–Kier alpha value is -5.74. The van der Waals surface area contributed by atoms with Gasteiger partial charge < -0.3 is 14.2 Å². The zero-order valence-electron chi connectivity index (χ0n) is 39.1. The number of fused-ring (bicyclic) bond motifs is 3. The van der Waals surface area contributed by atoms with Crippen LogP contribution in [-0.2, 0) is 22.7 Å². The van der Waals surface area contributed by atoms with Crippen molar-refractivity contribution in [2.24, 2.45) is 0 Å². The number of benzene rings is 8. The van der Waals surface area contributed by atoms with Crippen molar-refractivity contribution >= 4 is 32.3 Å². The minimum atomic E-state index is 0.553. The molecule has 0 aromatic heterocycles. The van der Waals surface area contributed by atoms with Gasteiger partial charge in [0.2, 0.25) is 0 Å². The van der Waals surface area contributed by atoms with E-state index in [1.165, 1.54) is 93.1 Å². The Balaban J connectivity index is 0.000000161. The van der Waals surface area contributed by atoms with E-state index in [4.69, 9.17) is 14.2 Å². The Bertz CT molecular complexity index is 2390. The molecule has 64 heavy (non-hydrogen) atoms. The quantitative estimate of drug-likeness (QED) is 0.0759. The lowest BCUT2D eigenvalue weighted by Crippen LogP contribution is -2.00. The van der Waals surface area contributed by atoms with Crippen LogP contribution < -0.4 is 4.74 Å². The molecule has 0 spiro atoms. The summed E-state index contributed by atoms with van der Waals surface area (Å²) in [6, 6.07) is 66.1. The van der Waals surface area contributed by atoms with Gasteiger partial charge in [-0.3, -0.25) is 0 Å². The second-order valence-electron chi connectivity index (χ2n) is 16.4. The second kappa shape index (κ2) is 29.6. The van der Waals surface area contributed by atoms with Gasteiger partial charge in [-0.15, -0.1) is 0 Å². The first kappa shape index (κ1) is 49.3. The summed E-state index contributed by atoms with van der Waals surface area (Å²) in [5.74, 6) is 1.53. The molecule has 0 fully saturated rings. The summed E-state index contributed by atoms with van der Waals surface area (Å²) in [5, 5.41) is 7.69. The predicted octanol–water partition coefficient (Wildman–Crippen LogP) is 17.3. The largest absolute Gasteiger partial charge is 0.494 e. The third-order valence-electron chi connectivity index (χ3n) is 11.2. The van der Waals surface area contributed by atoms with Crippen LogP contribution in [0.5, 0.6) is 5.75 Å². The molecule has 3 nitrogen and oxygen atoms in total. The number of hydrogen-bond acceptors (Lipinski definition) is 3. The first-order valence-corrected chi connectivity index (χ1v) is 23.9. The molecule has 8 aromatic rings. The van der Waals surface area contributed by atoms with E-state index in [0.29, 0.717) is 5.92 Å². The van der Waals surface area contributed by atoms with E-state index in [2.05, 4.69) is 210 Å². The van der Waals surface area contributed by atoms with Crippen LogP contribution in [0.4, 0.5) is 0 Å². The molecule has 0 bridgehead atoms. The average Bonchev–Trinajstić information content (AvgIpc) is 3.36. The van der Waals surface area contributed by atoms with E-state index in [0.717, 1.165) is 58.0 Å². The average molecular weight is 853 g/mol. The van der Waals surface area contributed by atoms with Gasteiger partial charge in [0, 0.05) is 19.1 Å². The van der Waals surface area contributed by atoms with Gasteiger partial charge >= 0.3 is 0 Å². The molecule has 0 heterocycles. The molecule has 8 rings (SSSR count).